The summed E-state index contributed by atoms with van der Waals surface area (Å²) in [4.78, 5) is 26.8. The van der Waals surface area contributed by atoms with Crippen molar-refractivity contribution in [2.24, 2.45) is 4.99 Å². The van der Waals surface area contributed by atoms with Gasteiger partial charge in [0.15, 0.2) is 5.70 Å². The fraction of sp³-hybridized carbons (Fsp3) is 0.0435. The summed E-state index contributed by atoms with van der Waals surface area (Å²) in [5.41, 5.74) is 2.22. The quantitative estimate of drug-likeness (QED) is 0.231. The van der Waals surface area contributed by atoms with Crippen LogP contribution in [0, 0.1) is 10.1 Å². The van der Waals surface area contributed by atoms with Gasteiger partial charge in [-0.05, 0) is 53.6 Å². The third kappa shape index (κ3) is 4.79. The molecule has 0 amide bonds. The number of rotatable bonds is 6. The number of non-ortho nitro benzene ring substituents is 1. The molecule has 7 nitrogen and oxygen atoms in total. The van der Waals surface area contributed by atoms with Gasteiger partial charge in [0.2, 0.25) is 5.90 Å². The minimum atomic E-state index is -0.563. The van der Waals surface area contributed by atoms with Crippen LogP contribution in [0.4, 0.5) is 5.69 Å². The number of hydrogen-bond acceptors (Lipinski definition) is 6. The first kappa shape index (κ1) is 20.3. The summed E-state index contributed by atoms with van der Waals surface area (Å²) in [6, 6.07) is 20.3. The van der Waals surface area contributed by atoms with Crippen LogP contribution in [0.15, 0.2) is 83.5 Å². The Bertz CT molecular complexity index is 1220. The molecule has 3 aromatic carbocycles. The van der Waals surface area contributed by atoms with Crippen molar-refractivity contribution in [2.45, 2.75) is 6.61 Å². The summed E-state index contributed by atoms with van der Waals surface area (Å²) in [7, 11) is 0. The molecular weight excluding hydrogens is 420 g/mol. The number of nitro benzene ring substituents is 1. The van der Waals surface area contributed by atoms with Crippen molar-refractivity contribution >= 4 is 35.2 Å². The predicted molar refractivity (Wildman–Crippen MR) is 116 cm³/mol. The van der Waals surface area contributed by atoms with E-state index < -0.39 is 10.9 Å². The smallest absolute Gasteiger partial charge is 0.363 e. The average Bonchev–Trinajstić information content (AvgIpc) is 3.13. The molecule has 0 saturated heterocycles. The second-order valence-electron chi connectivity index (χ2n) is 6.60. The lowest BCUT2D eigenvalue weighted by Gasteiger charge is -2.07. The van der Waals surface area contributed by atoms with Gasteiger partial charge >= 0.3 is 5.97 Å². The van der Waals surface area contributed by atoms with Crippen molar-refractivity contribution in [1.29, 1.82) is 0 Å². The molecule has 4 rings (SSSR count). The highest BCUT2D eigenvalue weighted by Crippen LogP contribution is 2.25. The fourth-order valence-corrected chi connectivity index (χ4v) is 3.11. The minimum Gasteiger partial charge on any atom is -0.489 e. The molecule has 0 N–H and O–H groups in total. The Morgan fingerprint density at radius 3 is 2.58 bits per heavy atom. The maximum atomic E-state index is 12.2. The second kappa shape index (κ2) is 8.81. The number of halogens is 1. The van der Waals surface area contributed by atoms with E-state index in [0.29, 0.717) is 21.9 Å². The van der Waals surface area contributed by atoms with Gasteiger partial charge in [-0.1, -0.05) is 35.9 Å². The number of nitrogens with zero attached hydrogens (tertiary/aromatic N) is 2. The van der Waals surface area contributed by atoms with Gasteiger partial charge in [-0.25, -0.2) is 9.79 Å². The first-order chi connectivity index (χ1) is 15.0. The highest BCUT2D eigenvalue weighted by molar-refractivity contribution is 6.34. The maximum Gasteiger partial charge on any atom is 0.363 e. The molecule has 0 bridgehead atoms. The zero-order valence-electron chi connectivity index (χ0n) is 16.0. The topological polar surface area (TPSA) is 91.0 Å². The van der Waals surface area contributed by atoms with Crippen LogP contribution in [0.1, 0.15) is 16.7 Å². The summed E-state index contributed by atoms with van der Waals surface area (Å²) < 4.78 is 11.0. The van der Waals surface area contributed by atoms with Crippen LogP contribution in [0.3, 0.4) is 0 Å². The predicted octanol–water partition coefficient (Wildman–Crippen LogP) is 5.17. The van der Waals surface area contributed by atoms with Crippen molar-refractivity contribution < 1.29 is 19.2 Å². The van der Waals surface area contributed by atoms with Gasteiger partial charge in [0.05, 0.1) is 15.5 Å². The van der Waals surface area contributed by atoms with Crippen LogP contribution < -0.4 is 4.74 Å². The summed E-state index contributed by atoms with van der Waals surface area (Å²) in [6.45, 7) is 0.245. The second-order valence-corrected chi connectivity index (χ2v) is 7.01. The van der Waals surface area contributed by atoms with E-state index in [2.05, 4.69) is 4.99 Å². The fourth-order valence-electron chi connectivity index (χ4n) is 2.89. The van der Waals surface area contributed by atoms with Crippen molar-refractivity contribution in [3.8, 4) is 5.75 Å². The van der Waals surface area contributed by atoms with Crippen molar-refractivity contribution in [3.63, 3.8) is 0 Å². The van der Waals surface area contributed by atoms with Crippen molar-refractivity contribution in [1.82, 2.24) is 0 Å². The van der Waals surface area contributed by atoms with E-state index in [1.807, 2.05) is 6.07 Å². The van der Waals surface area contributed by atoms with Gasteiger partial charge in [0.1, 0.15) is 12.4 Å². The number of nitro groups is 1. The van der Waals surface area contributed by atoms with Crippen LogP contribution in [-0.4, -0.2) is 16.8 Å². The Hall–Kier alpha value is -3.97. The number of carbonyl (C=O) groups excluding carboxylic acids is 1. The van der Waals surface area contributed by atoms with E-state index in [-0.39, 0.29) is 23.9 Å². The Labute approximate surface area is 182 Å². The molecule has 154 valence electrons. The van der Waals surface area contributed by atoms with Crippen LogP contribution in [0.2, 0.25) is 5.02 Å². The normalized spacial score (nSPS) is 14.3. The van der Waals surface area contributed by atoms with E-state index in [4.69, 9.17) is 21.1 Å². The number of cyclic esters (lactones) is 1. The summed E-state index contributed by atoms with van der Waals surface area (Å²) in [5, 5.41) is 11.2. The molecule has 0 aromatic heterocycles. The molecule has 3 aromatic rings. The third-order valence-corrected chi connectivity index (χ3v) is 4.77. The van der Waals surface area contributed by atoms with Crippen LogP contribution >= 0.6 is 11.6 Å². The monoisotopic (exact) mass is 434 g/mol. The molecule has 0 atom stereocenters. The SMILES string of the molecule is O=C1OC(c2ccccc2Cl)=N/C1=C\c1cccc(OCc2ccc([N+](=O)[O-])cc2)c1. The molecule has 0 unspecified atom stereocenters. The Morgan fingerprint density at radius 1 is 1.06 bits per heavy atom. The Morgan fingerprint density at radius 2 is 1.84 bits per heavy atom. The number of benzene rings is 3. The lowest BCUT2D eigenvalue weighted by molar-refractivity contribution is -0.384. The van der Waals surface area contributed by atoms with Gasteiger partial charge in [0.25, 0.3) is 5.69 Å². The first-order valence-corrected chi connectivity index (χ1v) is 9.61. The Kier molecular flexibility index (Phi) is 5.77. The zero-order chi connectivity index (χ0) is 21.8. The lowest BCUT2D eigenvalue weighted by atomic mass is 10.2. The molecular formula is C23H15ClN2O5. The van der Waals surface area contributed by atoms with E-state index in [1.165, 1.54) is 12.1 Å². The molecule has 0 fully saturated rings. The molecule has 0 radical (unpaired) electrons. The van der Waals surface area contributed by atoms with Crippen LogP contribution in [0.25, 0.3) is 6.08 Å². The highest BCUT2D eigenvalue weighted by atomic mass is 35.5. The number of ether oxygens (including phenoxy) is 2. The zero-order valence-corrected chi connectivity index (χ0v) is 16.8. The summed E-state index contributed by atoms with van der Waals surface area (Å²) in [6.07, 6.45) is 1.60. The minimum absolute atomic E-state index is 0.0255. The van der Waals surface area contributed by atoms with Gasteiger partial charge in [-0.3, -0.25) is 10.1 Å². The Balaban J connectivity index is 1.49. The number of aliphatic imine (C=N–C) groups is 1. The van der Waals surface area contributed by atoms with E-state index in [9.17, 15) is 14.9 Å². The van der Waals surface area contributed by atoms with E-state index in [0.717, 1.165) is 5.56 Å². The molecule has 8 heteroatoms. The third-order valence-electron chi connectivity index (χ3n) is 4.44. The standard InChI is InChI=1S/C23H15ClN2O5/c24-20-7-2-1-6-19(20)22-25-21(23(27)31-22)13-16-4-3-5-18(12-16)30-14-15-8-10-17(11-9-15)26(28)29/h1-13H,14H2/b21-13-. The maximum absolute atomic E-state index is 12.2. The van der Waals surface area contributed by atoms with Crippen LogP contribution in [0.5, 0.6) is 5.75 Å². The molecule has 1 heterocycles. The molecule has 1 aliphatic rings. The van der Waals surface area contributed by atoms with Gasteiger partial charge in [-0.15, -0.1) is 0 Å². The van der Waals surface area contributed by atoms with Crippen molar-refractivity contribution in [2.75, 3.05) is 0 Å². The summed E-state index contributed by atoms with van der Waals surface area (Å²) >= 11 is 6.15. The highest BCUT2D eigenvalue weighted by Gasteiger charge is 2.25. The molecule has 0 spiro atoms. The van der Waals surface area contributed by atoms with E-state index >= 15 is 0 Å². The van der Waals surface area contributed by atoms with Gasteiger partial charge < -0.3 is 9.47 Å². The van der Waals surface area contributed by atoms with Crippen LogP contribution in [-0.2, 0) is 16.1 Å². The van der Waals surface area contributed by atoms with Crippen molar-refractivity contribution in [3.05, 3.63) is 110 Å². The summed E-state index contributed by atoms with van der Waals surface area (Å²) in [5.74, 6) is 0.175. The van der Waals surface area contributed by atoms with E-state index in [1.54, 1.807) is 60.7 Å². The molecule has 0 saturated carbocycles. The average molecular weight is 435 g/mol. The van der Waals surface area contributed by atoms with Gasteiger partial charge in [0, 0.05) is 12.1 Å². The number of carbonyl (C=O) groups is 1. The molecule has 1 aliphatic heterocycles. The lowest BCUT2D eigenvalue weighted by Crippen LogP contribution is -2.05. The largest absolute Gasteiger partial charge is 0.489 e. The number of esters is 1. The molecule has 31 heavy (non-hydrogen) atoms. The molecule has 0 aliphatic carbocycles. The van der Waals surface area contributed by atoms with Gasteiger partial charge in [-0.2, -0.15) is 0 Å². The number of hydrogen-bond donors (Lipinski definition) is 0. The first-order valence-electron chi connectivity index (χ1n) is 9.23.